The molecule has 3 heteroatoms. The van der Waals surface area contributed by atoms with E-state index in [0.717, 1.165) is 19.3 Å². The fourth-order valence-electron chi connectivity index (χ4n) is 2.78. The lowest BCUT2D eigenvalue weighted by Crippen LogP contribution is -2.65. The van der Waals surface area contributed by atoms with Crippen LogP contribution in [0, 0.1) is 5.41 Å². The molecule has 2 aliphatic rings. The van der Waals surface area contributed by atoms with E-state index in [1.807, 2.05) is 11.8 Å². The van der Waals surface area contributed by atoms with Crippen LogP contribution in [0.15, 0.2) is 0 Å². The van der Waals surface area contributed by atoms with Gasteiger partial charge in [-0.2, -0.15) is 0 Å². The molecule has 1 aliphatic carbocycles. The van der Waals surface area contributed by atoms with Crippen molar-refractivity contribution in [3.63, 3.8) is 0 Å². The molecule has 0 aromatic rings. The molecule has 0 atom stereocenters. The Bertz CT molecular complexity index is 263. The van der Waals surface area contributed by atoms with Gasteiger partial charge in [0.15, 0.2) is 0 Å². The van der Waals surface area contributed by atoms with Crippen LogP contribution in [0.2, 0.25) is 0 Å². The SMILES string of the molecule is CCC1(O)CN(C(=O)C2(C)CCCC2)C1. The molecule has 1 heterocycles. The summed E-state index contributed by atoms with van der Waals surface area (Å²) < 4.78 is 0. The van der Waals surface area contributed by atoms with E-state index in [1.54, 1.807) is 0 Å². The zero-order chi connectivity index (χ0) is 11.1. The Morgan fingerprint density at radius 1 is 1.33 bits per heavy atom. The number of rotatable bonds is 2. The first kappa shape index (κ1) is 10.9. The molecule has 0 spiro atoms. The molecule has 1 aliphatic heterocycles. The van der Waals surface area contributed by atoms with E-state index < -0.39 is 5.60 Å². The lowest BCUT2D eigenvalue weighted by Gasteiger charge is -2.48. The van der Waals surface area contributed by atoms with Gasteiger partial charge in [0.2, 0.25) is 5.91 Å². The number of amides is 1. The van der Waals surface area contributed by atoms with Gasteiger partial charge in [-0.25, -0.2) is 0 Å². The van der Waals surface area contributed by atoms with Crippen molar-refractivity contribution in [1.29, 1.82) is 0 Å². The summed E-state index contributed by atoms with van der Waals surface area (Å²) in [6.07, 6.45) is 5.13. The Morgan fingerprint density at radius 3 is 2.33 bits per heavy atom. The van der Waals surface area contributed by atoms with E-state index in [-0.39, 0.29) is 11.3 Å². The molecule has 0 unspecified atom stereocenters. The van der Waals surface area contributed by atoms with Gasteiger partial charge in [-0.05, 0) is 19.3 Å². The van der Waals surface area contributed by atoms with Gasteiger partial charge >= 0.3 is 0 Å². The second-order valence-electron chi connectivity index (χ2n) is 5.51. The Balaban J connectivity index is 1.94. The quantitative estimate of drug-likeness (QED) is 0.753. The van der Waals surface area contributed by atoms with Gasteiger partial charge in [-0.1, -0.05) is 26.7 Å². The topological polar surface area (TPSA) is 40.5 Å². The minimum absolute atomic E-state index is 0.130. The van der Waals surface area contributed by atoms with Gasteiger partial charge in [0.25, 0.3) is 0 Å². The molecular weight excluding hydrogens is 190 g/mol. The number of likely N-dealkylation sites (tertiary alicyclic amines) is 1. The van der Waals surface area contributed by atoms with E-state index in [1.165, 1.54) is 12.8 Å². The predicted molar refractivity (Wildman–Crippen MR) is 58.4 cm³/mol. The van der Waals surface area contributed by atoms with Crippen molar-refractivity contribution >= 4 is 5.91 Å². The molecule has 0 bridgehead atoms. The van der Waals surface area contributed by atoms with Crippen LogP contribution >= 0.6 is 0 Å². The Labute approximate surface area is 91.5 Å². The summed E-state index contributed by atoms with van der Waals surface area (Å²) in [5.41, 5.74) is -0.723. The second-order valence-corrected chi connectivity index (χ2v) is 5.51. The number of β-amino-alcohol motifs (C(OH)–C–C–N with tert-alkyl or cyclic N) is 1. The molecule has 1 N–H and O–H groups in total. The summed E-state index contributed by atoms with van der Waals surface area (Å²) in [5, 5.41) is 9.87. The maximum Gasteiger partial charge on any atom is 0.228 e. The fourth-order valence-corrected chi connectivity index (χ4v) is 2.78. The second kappa shape index (κ2) is 3.48. The first-order chi connectivity index (χ1) is 6.99. The average molecular weight is 211 g/mol. The van der Waals surface area contributed by atoms with Gasteiger partial charge in [-0.15, -0.1) is 0 Å². The van der Waals surface area contributed by atoms with Crippen LogP contribution in [0.25, 0.3) is 0 Å². The number of aliphatic hydroxyl groups is 1. The first-order valence-electron chi connectivity index (χ1n) is 6.01. The first-order valence-corrected chi connectivity index (χ1v) is 6.01. The van der Waals surface area contributed by atoms with Gasteiger partial charge in [0.1, 0.15) is 0 Å². The van der Waals surface area contributed by atoms with E-state index in [4.69, 9.17) is 0 Å². The largest absolute Gasteiger partial charge is 0.386 e. The predicted octanol–water partition coefficient (Wildman–Crippen LogP) is 1.55. The van der Waals surface area contributed by atoms with Crippen molar-refractivity contribution in [3.05, 3.63) is 0 Å². The Kier molecular flexibility index (Phi) is 2.53. The monoisotopic (exact) mass is 211 g/mol. The van der Waals surface area contributed by atoms with Gasteiger partial charge in [-0.3, -0.25) is 4.79 Å². The van der Waals surface area contributed by atoms with E-state index in [0.29, 0.717) is 13.1 Å². The highest BCUT2D eigenvalue weighted by Crippen LogP contribution is 2.41. The average Bonchev–Trinajstić information content (AvgIpc) is 2.60. The lowest BCUT2D eigenvalue weighted by molar-refractivity contribution is -0.165. The van der Waals surface area contributed by atoms with Crippen LogP contribution in [0.3, 0.4) is 0 Å². The number of hydrogen-bond acceptors (Lipinski definition) is 2. The zero-order valence-electron chi connectivity index (χ0n) is 9.75. The molecule has 1 amide bonds. The molecule has 0 radical (unpaired) electrons. The molecule has 1 saturated heterocycles. The Morgan fingerprint density at radius 2 is 1.87 bits per heavy atom. The maximum absolute atomic E-state index is 12.2. The highest BCUT2D eigenvalue weighted by atomic mass is 16.3. The van der Waals surface area contributed by atoms with Crippen LogP contribution < -0.4 is 0 Å². The van der Waals surface area contributed by atoms with Crippen molar-refractivity contribution in [1.82, 2.24) is 4.90 Å². The summed E-state index contributed by atoms with van der Waals surface area (Å²) in [6, 6.07) is 0. The molecule has 1 saturated carbocycles. The van der Waals surface area contributed by atoms with Gasteiger partial charge in [0, 0.05) is 5.41 Å². The number of carbonyl (C=O) groups excluding carboxylic acids is 1. The molecule has 2 rings (SSSR count). The van der Waals surface area contributed by atoms with Crippen molar-refractivity contribution < 1.29 is 9.90 Å². The third-order valence-corrected chi connectivity index (χ3v) is 4.14. The molecule has 86 valence electrons. The highest BCUT2D eigenvalue weighted by molar-refractivity contribution is 5.83. The molecule has 0 aromatic carbocycles. The highest BCUT2D eigenvalue weighted by Gasteiger charge is 2.48. The fraction of sp³-hybridized carbons (Fsp3) is 0.917. The minimum Gasteiger partial charge on any atom is -0.386 e. The van der Waals surface area contributed by atoms with Crippen LogP contribution in [-0.2, 0) is 4.79 Å². The van der Waals surface area contributed by atoms with E-state index >= 15 is 0 Å². The standard InChI is InChI=1S/C12H21NO2/c1-3-12(15)8-13(9-12)10(14)11(2)6-4-5-7-11/h15H,3-9H2,1-2H3. The smallest absolute Gasteiger partial charge is 0.228 e. The molecule has 3 nitrogen and oxygen atoms in total. The summed E-state index contributed by atoms with van der Waals surface area (Å²) in [4.78, 5) is 14.0. The van der Waals surface area contributed by atoms with Crippen molar-refractivity contribution in [2.24, 2.45) is 5.41 Å². The minimum atomic E-state index is -0.593. The van der Waals surface area contributed by atoms with Gasteiger partial charge < -0.3 is 10.0 Å². The van der Waals surface area contributed by atoms with Crippen LogP contribution in [0.1, 0.15) is 46.0 Å². The summed E-state index contributed by atoms with van der Waals surface area (Å²) in [7, 11) is 0. The van der Waals surface area contributed by atoms with E-state index in [2.05, 4.69) is 6.92 Å². The van der Waals surface area contributed by atoms with Crippen molar-refractivity contribution in [3.8, 4) is 0 Å². The number of hydrogen-bond donors (Lipinski definition) is 1. The summed E-state index contributed by atoms with van der Waals surface area (Å²) in [6.45, 7) is 5.13. The zero-order valence-corrected chi connectivity index (χ0v) is 9.75. The normalized spacial score (nSPS) is 27.5. The number of nitrogens with zero attached hydrogens (tertiary/aromatic N) is 1. The Hall–Kier alpha value is -0.570. The maximum atomic E-state index is 12.2. The molecule has 15 heavy (non-hydrogen) atoms. The van der Waals surface area contributed by atoms with Crippen LogP contribution in [0.4, 0.5) is 0 Å². The number of carbonyl (C=O) groups is 1. The van der Waals surface area contributed by atoms with E-state index in [9.17, 15) is 9.90 Å². The van der Waals surface area contributed by atoms with Crippen molar-refractivity contribution in [2.75, 3.05) is 13.1 Å². The van der Waals surface area contributed by atoms with Gasteiger partial charge in [0.05, 0.1) is 18.7 Å². The molecule has 0 aromatic heterocycles. The molecule has 2 fully saturated rings. The lowest BCUT2D eigenvalue weighted by atomic mass is 9.83. The van der Waals surface area contributed by atoms with Crippen LogP contribution in [0.5, 0.6) is 0 Å². The summed E-state index contributed by atoms with van der Waals surface area (Å²) >= 11 is 0. The summed E-state index contributed by atoms with van der Waals surface area (Å²) in [5.74, 6) is 0.262. The molecular formula is C12H21NO2. The van der Waals surface area contributed by atoms with Crippen LogP contribution in [-0.4, -0.2) is 34.6 Å². The van der Waals surface area contributed by atoms with Crippen molar-refractivity contribution in [2.45, 2.75) is 51.6 Å². The third-order valence-electron chi connectivity index (χ3n) is 4.14. The third kappa shape index (κ3) is 1.78.